The second kappa shape index (κ2) is 7.79. The maximum Gasteiger partial charge on any atom is 0.156 e. The maximum absolute atomic E-state index is 5.46. The van der Waals surface area contributed by atoms with Crippen molar-refractivity contribution >= 4 is 27.6 Å². The molecule has 5 nitrogen and oxygen atoms in total. The zero-order chi connectivity index (χ0) is 20.3. The summed E-state index contributed by atoms with van der Waals surface area (Å²) in [7, 11) is 1.67. The van der Waals surface area contributed by atoms with E-state index in [1.807, 2.05) is 54.6 Å². The van der Waals surface area contributed by atoms with E-state index in [0.29, 0.717) is 6.54 Å². The van der Waals surface area contributed by atoms with Crippen molar-refractivity contribution in [3.8, 4) is 17.0 Å². The van der Waals surface area contributed by atoms with Crippen molar-refractivity contribution in [3.63, 3.8) is 0 Å². The van der Waals surface area contributed by atoms with Crippen LogP contribution >= 0.6 is 0 Å². The molecule has 2 aromatic heterocycles. The number of benzene rings is 3. The third kappa shape index (κ3) is 3.31. The minimum Gasteiger partial charge on any atom is -0.497 e. The van der Waals surface area contributed by atoms with Gasteiger partial charge < -0.3 is 10.1 Å². The van der Waals surface area contributed by atoms with Crippen LogP contribution in [0.5, 0.6) is 5.75 Å². The highest BCUT2D eigenvalue weighted by Crippen LogP contribution is 2.35. The summed E-state index contributed by atoms with van der Waals surface area (Å²) in [6, 6.07) is 26.4. The molecule has 1 N–H and O–H groups in total. The molecule has 5 heteroatoms. The minimum absolute atomic E-state index is 0.663. The molecule has 2 heterocycles. The molecule has 0 atom stereocenters. The number of fused-ring (bicyclic) bond motifs is 3. The molecule has 5 rings (SSSR count). The summed E-state index contributed by atoms with van der Waals surface area (Å²) in [6.07, 6.45) is 1.59. The third-order valence-electron chi connectivity index (χ3n) is 5.13. The summed E-state index contributed by atoms with van der Waals surface area (Å²) in [5.74, 6) is 1.51. The fraction of sp³-hybridized carbons (Fsp3) is 0.0800. The lowest BCUT2D eigenvalue weighted by molar-refractivity contribution is 0.415. The molecule has 0 aliphatic carbocycles. The van der Waals surface area contributed by atoms with Gasteiger partial charge in [0.2, 0.25) is 0 Å². The van der Waals surface area contributed by atoms with Crippen LogP contribution < -0.4 is 10.1 Å². The SMILES string of the molecule is COc1ccc2c(c1)c(-c1ccccc1)nc1c(NCc3ccccc3)ncnc12. The van der Waals surface area contributed by atoms with Crippen LogP contribution in [0.25, 0.3) is 33.1 Å². The molecule has 0 amide bonds. The Morgan fingerprint density at radius 1 is 0.800 bits per heavy atom. The van der Waals surface area contributed by atoms with Gasteiger partial charge in [-0.3, -0.25) is 0 Å². The first kappa shape index (κ1) is 18.1. The van der Waals surface area contributed by atoms with E-state index in [4.69, 9.17) is 9.72 Å². The van der Waals surface area contributed by atoms with E-state index in [0.717, 1.165) is 44.6 Å². The molecule has 3 aromatic carbocycles. The summed E-state index contributed by atoms with van der Waals surface area (Å²) in [5.41, 5.74) is 4.67. The summed E-state index contributed by atoms with van der Waals surface area (Å²) < 4.78 is 5.46. The molecule has 146 valence electrons. The predicted octanol–water partition coefficient (Wildman–Crippen LogP) is 5.47. The fourth-order valence-corrected chi connectivity index (χ4v) is 3.63. The smallest absolute Gasteiger partial charge is 0.156 e. The molecule has 30 heavy (non-hydrogen) atoms. The molecule has 5 aromatic rings. The number of aromatic nitrogens is 3. The Kier molecular flexibility index (Phi) is 4.69. The Morgan fingerprint density at radius 3 is 2.33 bits per heavy atom. The van der Waals surface area contributed by atoms with Crippen LogP contribution in [0.3, 0.4) is 0 Å². The van der Waals surface area contributed by atoms with Crippen molar-refractivity contribution in [2.75, 3.05) is 12.4 Å². The van der Waals surface area contributed by atoms with Gasteiger partial charge in [-0.05, 0) is 23.8 Å². The van der Waals surface area contributed by atoms with Gasteiger partial charge in [-0.15, -0.1) is 0 Å². The summed E-state index contributed by atoms with van der Waals surface area (Å²) in [6.45, 7) is 0.663. The first-order valence-corrected chi connectivity index (χ1v) is 9.79. The highest BCUT2D eigenvalue weighted by molar-refractivity contribution is 6.11. The van der Waals surface area contributed by atoms with Crippen LogP contribution in [0.2, 0.25) is 0 Å². The number of ether oxygens (including phenoxy) is 1. The van der Waals surface area contributed by atoms with Gasteiger partial charge in [0, 0.05) is 22.9 Å². The lowest BCUT2D eigenvalue weighted by atomic mass is 10.0. The normalized spacial score (nSPS) is 11.0. The second-order valence-corrected chi connectivity index (χ2v) is 7.00. The Labute approximate surface area is 174 Å². The molecule has 0 fully saturated rings. The molecule has 0 unspecified atom stereocenters. The largest absolute Gasteiger partial charge is 0.497 e. The van der Waals surface area contributed by atoms with E-state index >= 15 is 0 Å². The van der Waals surface area contributed by atoms with Crippen molar-refractivity contribution in [1.82, 2.24) is 15.0 Å². The van der Waals surface area contributed by atoms with Crippen LogP contribution in [0, 0.1) is 0 Å². The van der Waals surface area contributed by atoms with Gasteiger partial charge in [0.15, 0.2) is 5.82 Å². The highest BCUT2D eigenvalue weighted by atomic mass is 16.5. The molecule has 0 saturated heterocycles. The molecule has 0 aliphatic rings. The van der Waals surface area contributed by atoms with Gasteiger partial charge in [-0.1, -0.05) is 60.7 Å². The third-order valence-corrected chi connectivity index (χ3v) is 5.13. The fourth-order valence-electron chi connectivity index (χ4n) is 3.63. The van der Waals surface area contributed by atoms with E-state index in [-0.39, 0.29) is 0 Å². The van der Waals surface area contributed by atoms with E-state index in [1.54, 1.807) is 13.4 Å². The van der Waals surface area contributed by atoms with E-state index in [1.165, 1.54) is 5.56 Å². The molecular formula is C25H20N4O. The zero-order valence-corrected chi connectivity index (χ0v) is 16.5. The van der Waals surface area contributed by atoms with Gasteiger partial charge in [-0.25, -0.2) is 15.0 Å². The quantitative estimate of drug-likeness (QED) is 0.402. The zero-order valence-electron chi connectivity index (χ0n) is 16.5. The van der Waals surface area contributed by atoms with Crippen molar-refractivity contribution in [1.29, 1.82) is 0 Å². The van der Waals surface area contributed by atoms with Crippen LogP contribution in [-0.4, -0.2) is 22.1 Å². The van der Waals surface area contributed by atoms with Gasteiger partial charge in [0.1, 0.15) is 23.1 Å². The van der Waals surface area contributed by atoms with Crippen LogP contribution in [-0.2, 0) is 6.54 Å². The van der Waals surface area contributed by atoms with Gasteiger partial charge in [0.25, 0.3) is 0 Å². The van der Waals surface area contributed by atoms with Crippen molar-refractivity contribution in [2.45, 2.75) is 6.54 Å². The first-order valence-electron chi connectivity index (χ1n) is 9.79. The topological polar surface area (TPSA) is 59.9 Å². The van der Waals surface area contributed by atoms with E-state index in [9.17, 15) is 0 Å². The van der Waals surface area contributed by atoms with Crippen LogP contribution in [0.1, 0.15) is 5.56 Å². The molecule has 0 radical (unpaired) electrons. The van der Waals surface area contributed by atoms with E-state index in [2.05, 4.69) is 39.6 Å². The summed E-state index contributed by atoms with van der Waals surface area (Å²) >= 11 is 0. The predicted molar refractivity (Wildman–Crippen MR) is 121 cm³/mol. The number of hydrogen-bond acceptors (Lipinski definition) is 5. The molecule has 0 bridgehead atoms. The average molecular weight is 392 g/mol. The Balaban J connectivity index is 1.71. The summed E-state index contributed by atoms with van der Waals surface area (Å²) in [4.78, 5) is 14.1. The number of hydrogen-bond donors (Lipinski definition) is 1. The number of pyridine rings is 1. The Morgan fingerprint density at radius 2 is 1.57 bits per heavy atom. The number of nitrogens with zero attached hydrogens (tertiary/aromatic N) is 3. The van der Waals surface area contributed by atoms with Gasteiger partial charge >= 0.3 is 0 Å². The number of rotatable bonds is 5. The highest BCUT2D eigenvalue weighted by Gasteiger charge is 2.15. The summed E-state index contributed by atoms with van der Waals surface area (Å²) in [5, 5.41) is 5.45. The molecule has 0 saturated carbocycles. The first-order chi connectivity index (χ1) is 14.8. The van der Waals surface area contributed by atoms with Crippen LogP contribution in [0.15, 0.2) is 85.2 Å². The monoisotopic (exact) mass is 392 g/mol. The Hall–Kier alpha value is -3.99. The molecule has 0 spiro atoms. The molecular weight excluding hydrogens is 372 g/mol. The van der Waals surface area contributed by atoms with Crippen molar-refractivity contribution in [2.24, 2.45) is 0 Å². The number of nitrogens with one attached hydrogen (secondary N) is 1. The molecule has 0 aliphatic heterocycles. The maximum atomic E-state index is 5.46. The lowest BCUT2D eigenvalue weighted by Crippen LogP contribution is -2.04. The number of anilines is 1. The van der Waals surface area contributed by atoms with Gasteiger partial charge in [-0.2, -0.15) is 0 Å². The lowest BCUT2D eigenvalue weighted by Gasteiger charge is -2.13. The van der Waals surface area contributed by atoms with Gasteiger partial charge in [0.05, 0.1) is 12.8 Å². The van der Waals surface area contributed by atoms with Crippen LogP contribution in [0.4, 0.5) is 5.82 Å². The van der Waals surface area contributed by atoms with Crippen molar-refractivity contribution in [3.05, 3.63) is 90.8 Å². The Bertz CT molecular complexity index is 1320. The average Bonchev–Trinajstić information content (AvgIpc) is 2.83. The number of methoxy groups -OCH3 is 1. The second-order valence-electron chi connectivity index (χ2n) is 7.00. The van der Waals surface area contributed by atoms with Crippen molar-refractivity contribution < 1.29 is 4.74 Å². The standard InChI is InChI=1S/C25H20N4O/c1-30-19-12-13-20-21(14-19)22(18-10-6-3-7-11-18)29-24-23(20)27-16-28-25(24)26-15-17-8-4-2-5-9-17/h2-14,16H,15H2,1H3,(H,26,27,28). The minimum atomic E-state index is 0.663. The van der Waals surface area contributed by atoms with E-state index < -0.39 is 0 Å².